The maximum atomic E-state index is 13.3. The van der Waals surface area contributed by atoms with E-state index in [-0.39, 0.29) is 76.8 Å². The fourth-order valence-corrected chi connectivity index (χ4v) is 9.51. The largest absolute Gasteiger partial charge is 0.481 e. The third-order valence-electron chi connectivity index (χ3n) is 7.63. The van der Waals surface area contributed by atoms with Crippen LogP contribution < -0.4 is 4.87 Å². The number of rotatable bonds is 5. The van der Waals surface area contributed by atoms with Gasteiger partial charge >= 0.3 is 10.8 Å². The third-order valence-corrected chi connectivity index (χ3v) is 10.2. The number of hydrogen-bond acceptors (Lipinski definition) is 7. The minimum Gasteiger partial charge on any atom is -0.481 e. The van der Waals surface area contributed by atoms with Gasteiger partial charge in [0, 0.05) is 41.4 Å². The van der Waals surface area contributed by atoms with Crippen LogP contribution in [0.25, 0.3) is 0 Å². The van der Waals surface area contributed by atoms with Crippen LogP contribution in [-0.2, 0) is 14.4 Å². The van der Waals surface area contributed by atoms with Gasteiger partial charge < -0.3 is 10.1 Å². The molecule has 2 saturated carbocycles. The first kappa shape index (κ1) is 20.2. The van der Waals surface area contributed by atoms with E-state index in [4.69, 9.17) is 5.11 Å². The van der Waals surface area contributed by atoms with Crippen LogP contribution in [0.5, 0.6) is 0 Å². The van der Waals surface area contributed by atoms with E-state index in [1.54, 1.807) is 18.0 Å². The van der Waals surface area contributed by atoms with Crippen molar-refractivity contribution in [3.05, 3.63) is 44.6 Å². The number of carboxylic acid groups (broad SMARTS) is 1. The number of amides is 2. The van der Waals surface area contributed by atoms with Crippen LogP contribution in [0.3, 0.4) is 0 Å². The second-order valence-corrected chi connectivity index (χ2v) is 11.3. The number of nitrogens with one attached hydrogen (secondary N) is 1. The highest BCUT2D eigenvalue weighted by molar-refractivity contribution is 8.00. The molecule has 4 aliphatic rings. The molecule has 8 nitrogen and oxygen atoms in total. The van der Waals surface area contributed by atoms with Gasteiger partial charge in [0.25, 0.3) is 0 Å². The summed E-state index contributed by atoms with van der Waals surface area (Å²) in [5.74, 6) is -1.58. The van der Waals surface area contributed by atoms with E-state index in [1.165, 1.54) is 16.2 Å². The van der Waals surface area contributed by atoms with Gasteiger partial charge in [0.15, 0.2) is 0 Å². The molecule has 0 unspecified atom stereocenters. The van der Waals surface area contributed by atoms with Gasteiger partial charge in [-0.15, -0.1) is 11.8 Å². The first-order chi connectivity index (χ1) is 15.5. The van der Waals surface area contributed by atoms with Crippen molar-refractivity contribution in [2.24, 2.45) is 29.6 Å². The molecule has 2 N–H and O–H groups in total. The predicted octanol–water partition coefficient (Wildman–Crippen LogP) is 2.17. The highest BCUT2D eigenvalue weighted by Gasteiger charge is 2.69. The molecule has 1 saturated heterocycles. The number of likely N-dealkylation sites (tertiary alicyclic amines) is 1. The highest BCUT2D eigenvalue weighted by Crippen LogP contribution is 2.68. The number of nitrogens with zero attached hydrogens (tertiary/aromatic N) is 2. The Kier molecular flexibility index (Phi) is 4.59. The van der Waals surface area contributed by atoms with E-state index in [2.05, 4.69) is 9.97 Å². The zero-order chi connectivity index (χ0) is 22.1. The van der Waals surface area contributed by atoms with Gasteiger partial charge in [-0.2, -0.15) is 0 Å². The fraction of sp³-hybridized carbons (Fsp3) is 0.500. The minimum atomic E-state index is -0.925. The molecule has 2 aromatic rings. The van der Waals surface area contributed by atoms with Crippen LogP contribution in [0.15, 0.2) is 34.3 Å². The lowest BCUT2D eigenvalue weighted by Crippen LogP contribution is -2.42. The number of H-pyrrole nitrogens is 1. The highest BCUT2D eigenvalue weighted by atomic mass is 32.2. The Morgan fingerprint density at radius 2 is 2.00 bits per heavy atom. The SMILES string of the molecule is O=C(O)CCCN1C(=O)[C@@H]2[C@@H]3C[C@@H]([C@@H]2C1=O)[C@H]1[C@@H](c2cccnc2)c2sc(=O)[nH]c2S[C@H]31. The molecule has 2 amide bonds. The van der Waals surface area contributed by atoms with Crippen LogP contribution in [0, 0.1) is 29.6 Å². The molecule has 2 aromatic heterocycles. The van der Waals surface area contributed by atoms with Crippen molar-refractivity contribution in [2.75, 3.05) is 6.54 Å². The van der Waals surface area contributed by atoms with E-state index < -0.39 is 5.97 Å². The summed E-state index contributed by atoms with van der Waals surface area (Å²) in [6, 6.07) is 3.92. The molecule has 4 heterocycles. The lowest BCUT2D eigenvalue weighted by molar-refractivity contribution is -0.142. The fourth-order valence-electron chi connectivity index (χ4n) is 6.62. The number of carbonyl (C=O) groups is 3. The first-order valence-electron chi connectivity index (χ1n) is 10.8. The van der Waals surface area contributed by atoms with Crippen molar-refractivity contribution in [1.82, 2.24) is 14.9 Å². The molecular weight excluding hydrogens is 450 g/mol. The molecule has 0 aromatic carbocycles. The van der Waals surface area contributed by atoms with Crippen LogP contribution >= 0.6 is 23.1 Å². The number of pyridine rings is 1. The summed E-state index contributed by atoms with van der Waals surface area (Å²) in [6.07, 6.45) is 4.63. The lowest BCUT2D eigenvalue weighted by Gasteiger charge is -2.42. The van der Waals surface area contributed by atoms with Gasteiger partial charge in [-0.1, -0.05) is 17.4 Å². The molecule has 6 rings (SSSR count). The number of thioether (sulfide) groups is 1. The number of thiazole rings is 1. The summed E-state index contributed by atoms with van der Waals surface area (Å²) in [5, 5.41) is 9.95. The molecule has 0 spiro atoms. The van der Waals surface area contributed by atoms with E-state index in [0.717, 1.165) is 21.9 Å². The second kappa shape index (κ2) is 7.28. The monoisotopic (exact) mass is 471 g/mol. The molecule has 2 aliphatic carbocycles. The molecule has 3 fully saturated rings. The van der Waals surface area contributed by atoms with Crippen molar-refractivity contribution in [3.63, 3.8) is 0 Å². The van der Waals surface area contributed by atoms with Crippen LogP contribution in [0.1, 0.15) is 35.6 Å². The Hall–Kier alpha value is -2.46. The number of aliphatic carboxylic acids is 1. The quantitative estimate of drug-likeness (QED) is 0.641. The molecule has 166 valence electrons. The Morgan fingerprint density at radius 3 is 2.72 bits per heavy atom. The Morgan fingerprint density at radius 1 is 1.22 bits per heavy atom. The average Bonchev–Trinajstić information content (AvgIpc) is 3.49. The van der Waals surface area contributed by atoms with E-state index in [1.807, 2.05) is 18.3 Å². The number of fused-ring (bicyclic) bond motifs is 9. The van der Waals surface area contributed by atoms with Gasteiger partial charge in [0.1, 0.15) is 0 Å². The van der Waals surface area contributed by atoms with E-state index >= 15 is 0 Å². The second-order valence-electron chi connectivity index (χ2n) is 9.07. The zero-order valence-corrected chi connectivity index (χ0v) is 18.6. The average molecular weight is 472 g/mol. The van der Waals surface area contributed by atoms with Crippen LogP contribution in [-0.4, -0.2) is 49.6 Å². The first-order valence-corrected chi connectivity index (χ1v) is 12.5. The van der Waals surface area contributed by atoms with Gasteiger partial charge in [-0.25, -0.2) is 0 Å². The number of carbonyl (C=O) groups excluding carboxylic acids is 2. The molecule has 7 atom stereocenters. The molecule has 10 heteroatoms. The number of carboxylic acids is 1. The molecule has 32 heavy (non-hydrogen) atoms. The molecule has 0 radical (unpaired) electrons. The summed E-state index contributed by atoms with van der Waals surface area (Å²) >= 11 is 2.89. The topological polar surface area (TPSA) is 120 Å². The van der Waals surface area contributed by atoms with Crippen LogP contribution in [0.4, 0.5) is 0 Å². The Labute approximate surface area is 191 Å². The summed E-state index contributed by atoms with van der Waals surface area (Å²) in [7, 11) is 0. The molecule has 2 bridgehead atoms. The number of hydrogen-bond donors (Lipinski definition) is 2. The van der Waals surface area contributed by atoms with Crippen LogP contribution in [0.2, 0.25) is 0 Å². The maximum absolute atomic E-state index is 13.3. The summed E-state index contributed by atoms with van der Waals surface area (Å²) in [6.45, 7) is 0.172. The predicted molar refractivity (Wildman–Crippen MR) is 116 cm³/mol. The third kappa shape index (κ3) is 2.78. The summed E-state index contributed by atoms with van der Waals surface area (Å²) in [4.78, 5) is 59.1. The smallest absolute Gasteiger partial charge is 0.305 e. The van der Waals surface area contributed by atoms with Gasteiger partial charge in [0.05, 0.1) is 16.9 Å². The van der Waals surface area contributed by atoms with Crippen molar-refractivity contribution in [1.29, 1.82) is 0 Å². The zero-order valence-electron chi connectivity index (χ0n) is 17.0. The summed E-state index contributed by atoms with van der Waals surface area (Å²) < 4.78 is 0. The van der Waals surface area contributed by atoms with E-state index in [0.29, 0.717) is 0 Å². The summed E-state index contributed by atoms with van der Waals surface area (Å²) in [5.41, 5.74) is 1.04. The van der Waals surface area contributed by atoms with Crippen molar-refractivity contribution in [3.8, 4) is 0 Å². The van der Waals surface area contributed by atoms with Gasteiger partial charge in [-0.05, 0) is 42.2 Å². The van der Waals surface area contributed by atoms with Crippen molar-refractivity contribution in [2.45, 2.75) is 35.5 Å². The van der Waals surface area contributed by atoms with Crippen molar-refractivity contribution >= 4 is 40.9 Å². The van der Waals surface area contributed by atoms with Crippen molar-refractivity contribution < 1.29 is 19.5 Å². The normalized spacial score (nSPS) is 34.5. The molecular formula is C22H21N3O5S2. The maximum Gasteiger partial charge on any atom is 0.305 e. The minimum absolute atomic E-state index is 0.0196. The number of imide groups is 1. The van der Waals surface area contributed by atoms with Gasteiger partial charge in [0.2, 0.25) is 11.8 Å². The number of aromatic nitrogens is 2. The lowest BCUT2D eigenvalue weighted by atomic mass is 9.68. The number of aromatic amines is 1. The Balaban J connectivity index is 1.37. The Bertz CT molecular complexity index is 1180. The standard InChI is InChI=1S/C22H21N3O5S2/c26-12(27)4-2-6-25-20(28)15-10-7-11(16(15)21(25)29)17-14(10)13(9-3-1-5-23-8-9)18-19(31-17)24-22(30)32-18/h1,3,5,8,10-11,13-17H,2,4,6-7H2,(H,24,30)(H,26,27)/t10-,11+,13-,14+,15+,16-,17-/m1/s1. The molecule has 2 aliphatic heterocycles. The van der Waals surface area contributed by atoms with Gasteiger partial charge in [-0.3, -0.25) is 29.1 Å². The van der Waals surface area contributed by atoms with E-state index in [9.17, 15) is 19.2 Å².